The summed E-state index contributed by atoms with van der Waals surface area (Å²) in [6, 6.07) is 9.70. The van der Waals surface area contributed by atoms with Gasteiger partial charge >= 0.3 is 0 Å². The summed E-state index contributed by atoms with van der Waals surface area (Å²) in [6.07, 6.45) is -0.478. The third-order valence-electron chi connectivity index (χ3n) is 3.30. The molecule has 1 aromatic carbocycles. The average Bonchev–Trinajstić information content (AvgIpc) is 2.91. The summed E-state index contributed by atoms with van der Waals surface area (Å²) >= 11 is 5.06. The van der Waals surface area contributed by atoms with Gasteiger partial charge in [0.25, 0.3) is 5.91 Å². The lowest BCUT2D eigenvalue weighted by Gasteiger charge is -2.29. The number of carbonyl (C=O) groups excluding carboxylic acids is 1. The quantitative estimate of drug-likeness (QED) is 0.905. The zero-order valence-corrected chi connectivity index (χ0v) is 13.9. The van der Waals surface area contributed by atoms with Crippen LogP contribution in [0.3, 0.4) is 0 Å². The molecule has 1 unspecified atom stereocenters. The highest BCUT2D eigenvalue weighted by atomic mass is 79.9. The molecule has 0 saturated heterocycles. The summed E-state index contributed by atoms with van der Waals surface area (Å²) in [5.41, 5.74) is 0.936. The number of hydrogen-bond donors (Lipinski definition) is 1. The van der Waals surface area contributed by atoms with Crippen molar-refractivity contribution in [3.05, 3.63) is 45.1 Å². The second-order valence-corrected chi connectivity index (χ2v) is 6.82. The fraction of sp³-hybridized carbons (Fsp3) is 0.267. The maximum absolute atomic E-state index is 12.5. The molecule has 1 aliphatic heterocycles. The molecule has 1 N–H and O–H groups in total. The van der Waals surface area contributed by atoms with Crippen LogP contribution in [0.25, 0.3) is 0 Å². The minimum atomic E-state index is -0.478. The van der Waals surface area contributed by atoms with Crippen molar-refractivity contribution >= 4 is 38.9 Å². The van der Waals surface area contributed by atoms with Gasteiger partial charge < -0.3 is 15.0 Å². The molecule has 0 fully saturated rings. The van der Waals surface area contributed by atoms with Crippen LogP contribution in [-0.2, 0) is 11.3 Å². The van der Waals surface area contributed by atoms with Crippen LogP contribution >= 0.6 is 27.3 Å². The van der Waals surface area contributed by atoms with E-state index in [1.807, 2.05) is 35.7 Å². The fourth-order valence-electron chi connectivity index (χ4n) is 2.24. The zero-order chi connectivity index (χ0) is 14.8. The molecule has 0 aliphatic carbocycles. The molecule has 0 saturated carbocycles. The largest absolute Gasteiger partial charge is 0.477 e. The van der Waals surface area contributed by atoms with E-state index in [0.29, 0.717) is 13.1 Å². The van der Waals surface area contributed by atoms with Crippen molar-refractivity contribution in [1.29, 1.82) is 0 Å². The van der Waals surface area contributed by atoms with Crippen LogP contribution in [0.2, 0.25) is 0 Å². The number of benzene rings is 1. The third-order valence-corrected chi connectivity index (χ3v) is 4.98. The monoisotopic (exact) mass is 366 g/mol. The van der Waals surface area contributed by atoms with Gasteiger partial charge in [0.05, 0.1) is 18.8 Å². The molecule has 6 heteroatoms. The van der Waals surface area contributed by atoms with Crippen LogP contribution in [0.15, 0.2) is 40.2 Å². The predicted molar refractivity (Wildman–Crippen MR) is 87.8 cm³/mol. The van der Waals surface area contributed by atoms with Crippen LogP contribution in [0.4, 0.5) is 5.69 Å². The number of likely N-dealkylation sites (N-methyl/N-ethyl adjacent to an activating group) is 1. The van der Waals surface area contributed by atoms with E-state index in [1.54, 1.807) is 23.3 Å². The van der Waals surface area contributed by atoms with Crippen LogP contribution in [-0.4, -0.2) is 30.5 Å². The Labute approximate surface area is 135 Å². The van der Waals surface area contributed by atoms with Gasteiger partial charge in [0.2, 0.25) is 0 Å². The lowest BCUT2D eigenvalue weighted by atomic mass is 10.2. The number of thiophene rings is 1. The summed E-state index contributed by atoms with van der Waals surface area (Å²) in [5, 5.41) is 5.26. The van der Waals surface area contributed by atoms with Crippen molar-refractivity contribution < 1.29 is 9.53 Å². The number of nitrogens with zero attached hydrogens (tertiary/aromatic N) is 1. The van der Waals surface area contributed by atoms with Crippen molar-refractivity contribution in [2.45, 2.75) is 12.6 Å². The summed E-state index contributed by atoms with van der Waals surface area (Å²) in [6.45, 7) is 1.09. The minimum absolute atomic E-state index is 0.0125. The number of carbonyl (C=O) groups is 1. The smallest absolute Gasteiger partial charge is 0.265 e. The van der Waals surface area contributed by atoms with Gasteiger partial charge in [-0.2, -0.15) is 0 Å². The van der Waals surface area contributed by atoms with Gasteiger partial charge in [-0.15, -0.1) is 11.3 Å². The van der Waals surface area contributed by atoms with E-state index >= 15 is 0 Å². The van der Waals surface area contributed by atoms with Crippen molar-refractivity contribution in [2.75, 3.05) is 18.9 Å². The molecule has 2 heterocycles. The Hall–Kier alpha value is -1.53. The lowest BCUT2D eigenvalue weighted by molar-refractivity contribution is -0.137. The van der Waals surface area contributed by atoms with Crippen LogP contribution < -0.4 is 10.1 Å². The molecule has 1 amide bonds. The zero-order valence-electron chi connectivity index (χ0n) is 11.5. The van der Waals surface area contributed by atoms with E-state index in [4.69, 9.17) is 4.74 Å². The highest BCUT2D eigenvalue weighted by Gasteiger charge is 2.28. The molecule has 0 radical (unpaired) electrons. The number of halogens is 1. The van der Waals surface area contributed by atoms with Crippen LogP contribution in [0.1, 0.15) is 4.88 Å². The topological polar surface area (TPSA) is 41.6 Å². The number of hydrogen-bond acceptors (Lipinski definition) is 4. The number of nitrogens with one attached hydrogen (secondary N) is 1. The standard InChI is InChI=1S/C15H15BrN2O2S/c1-18(8-11-6-10(16)9-21-11)15(19)14-7-17-12-4-2-3-5-13(12)20-14/h2-6,9,14,17H,7-8H2,1H3. The van der Waals surface area contributed by atoms with Gasteiger partial charge in [0.15, 0.2) is 6.10 Å². The summed E-state index contributed by atoms with van der Waals surface area (Å²) < 4.78 is 6.85. The molecule has 0 bridgehead atoms. The first-order chi connectivity index (χ1) is 10.1. The second-order valence-electron chi connectivity index (χ2n) is 4.91. The Morgan fingerprint density at radius 3 is 3.10 bits per heavy atom. The Morgan fingerprint density at radius 2 is 2.33 bits per heavy atom. The predicted octanol–water partition coefficient (Wildman–Crippen LogP) is 3.34. The van der Waals surface area contributed by atoms with Crippen LogP contribution in [0, 0.1) is 0 Å². The maximum atomic E-state index is 12.5. The summed E-state index contributed by atoms with van der Waals surface area (Å²) in [7, 11) is 1.81. The number of amides is 1. The maximum Gasteiger partial charge on any atom is 0.265 e. The van der Waals surface area contributed by atoms with Gasteiger partial charge in [-0.25, -0.2) is 0 Å². The number of anilines is 1. The van der Waals surface area contributed by atoms with Gasteiger partial charge in [-0.05, 0) is 34.1 Å². The highest BCUT2D eigenvalue weighted by molar-refractivity contribution is 9.10. The van der Waals surface area contributed by atoms with Gasteiger partial charge in [-0.1, -0.05) is 12.1 Å². The normalized spacial score (nSPS) is 16.6. The third kappa shape index (κ3) is 3.22. The average molecular weight is 367 g/mol. The molecular formula is C15H15BrN2O2S. The molecule has 1 atom stereocenters. The van der Waals surface area contributed by atoms with E-state index in [-0.39, 0.29) is 5.91 Å². The first-order valence-corrected chi connectivity index (χ1v) is 8.28. The molecule has 21 heavy (non-hydrogen) atoms. The molecule has 110 valence electrons. The number of fused-ring (bicyclic) bond motifs is 1. The molecule has 2 aromatic rings. The summed E-state index contributed by atoms with van der Waals surface area (Å²) in [4.78, 5) is 15.3. The van der Waals surface area contributed by atoms with Crippen LogP contribution in [0.5, 0.6) is 5.75 Å². The van der Waals surface area contributed by atoms with E-state index in [2.05, 4.69) is 21.2 Å². The Morgan fingerprint density at radius 1 is 1.52 bits per heavy atom. The highest BCUT2D eigenvalue weighted by Crippen LogP contribution is 2.29. The Kier molecular flexibility index (Phi) is 4.17. The Balaban J connectivity index is 1.66. The first kappa shape index (κ1) is 14.4. The van der Waals surface area contributed by atoms with E-state index in [9.17, 15) is 4.79 Å². The summed E-state index contributed by atoms with van der Waals surface area (Å²) in [5.74, 6) is 0.718. The number of rotatable bonds is 3. The molecule has 1 aromatic heterocycles. The molecule has 0 spiro atoms. The fourth-order valence-corrected chi connectivity index (χ4v) is 3.75. The van der Waals surface area contributed by atoms with Crippen molar-refractivity contribution in [3.63, 3.8) is 0 Å². The Bertz CT molecular complexity index is 659. The van der Waals surface area contributed by atoms with E-state index in [1.165, 1.54) is 0 Å². The van der Waals surface area contributed by atoms with Gasteiger partial charge in [-0.3, -0.25) is 4.79 Å². The van der Waals surface area contributed by atoms with Crippen molar-refractivity contribution in [3.8, 4) is 5.75 Å². The lowest BCUT2D eigenvalue weighted by Crippen LogP contribution is -2.45. The minimum Gasteiger partial charge on any atom is -0.477 e. The molecule has 4 nitrogen and oxygen atoms in total. The van der Waals surface area contributed by atoms with E-state index in [0.717, 1.165) is 20.8 Å². The molecule has 3 rings (SSSR count). The van der Waals surface area contributed by atoms with E-state index < -0.39 is 6.10 Å². The second kappa shape index (κ2) is 6.07. The molecular weight excluding hydrogens is 352 g/mol. The van der Waals surface area contributed by atoms with Crippen molar-refractivity contribution in [2.24, 2.45) is 0 Å². The molecule has 1 aliphatic rings. The van der Waals surface area contributed by atoms with Gasteiger partial charge in [0, 0.05) is 21.8 Å². The van der Waals surface area contributed by atoms with Crippen molar-refractivity contribution in [1.82, 2.24) is 4.90 Å². The van der Waals surface area contributed by atoms with Gasteiger partial charge in [0.1, 0.15) is 5.75 Å². The number of ether oxygens (including phenoxy) is 1. The SMILES string of the molecule is CN(Cc1cc(Br)cs1)C(=O)C1CNc2ccccc2O1. The first-order valence-electron chi connectivity index (χ1n) is 6.61. The number of para-hydroxylation sites is 2.